The first-order valence-corrected chi connectivity index (χ1v) is 6.49. The molecule has 17 heavy (non-hydrogen) atoms. The number of fused-ring (bicyclic) bond motifs is 2. The number of hydrogen-bond donors (Lipinski definition) is 0. The van der Waals surface area contributed by atoms with E-state index in [1.54, 1.807) is 12.5 Å². The van der Waals surface area contributed by atoms with Gasteiger partial charge in [0.2, 0.25) is 0 Å². The molecule has 2 aliphatic carbocycles. The third-order valence-electron chi connectivity index (χ3n) is 4.17. The van der Waals surface area contributed by atoms with E-state index in [2.05, 4.69) is 26.5 Å². The van der Waals surface area contributed by atoms with Gasteiger partial charge in [0.15, 0.2) is 0 Å². The Bertz CT molecular complexity index is 380. The normalized spacial score (nSPS) is 36.1. The molecule has 2 nitrogen and oxygen atoms in total. The van der Waals surface area contributed by atoms with Crippen LogP contribution in [0.4, 0.5) is 0 Å². The van der Waals surface area contributed by atoms with E-state index in [9.17, 15) is 4.79 Å². The van der Waals surface area contributed by atoms with Crippen molar-refractivity contribution >= 4 is 5.97 Å². The highest BCUT2D eigenvalue weighted by Gasteiger charge is 2.43. The number of hydrogen-bond acceptors (Lipinski definition) is 2. The first-order valence-electron chi connectivity index (χ1n) is 6.49. The Morgan fingerprint density at radius 2 is 2.29 bits per heavy atom. The first kappa shape index (κ1) is 12.4. The van der Waals surface area contributed by atoms with Gasteiger partial charge in [-0.2, -0.15) is 0 Å². The van der Waals surface area contributed by atoms with Gasteiger partial charge in [0.25, 0.3) is 0 Å². The largest absolute Gasteiger partial charge is 0.456 e. The van der Waals surface area contributed by atoms with Crippen LogP contribution in [-0.4, -0.2) is 11.6 Å². The van der Waals surface area contributed by atoms with Crippen molar-refractivity contribution in [1.82, 2.24) is 0 Å². The van der Waals surface area contributed by atoms with Crippen LogP contribution in [0.2, 0.25) is 0 Å². The minimum Gasteiger partial charge on any atom is -0.456 e. The molecule has 3 atom stereocenters. The Morgan fingerprint density at radius 1 is 1.59 bits per heavy atom. The van der Waals surface area contributed by atoms with E-state index >= 15 is 0 Å². The maximum atomic E-state index is 11.7. The molecule has 1 saturated carbocycles. The van der Waals surface area contributed by atoms with Crippen LogP contribution >= 0.6 is 0 Å². The lowest BCUT2D eigenvalue weighted by molar-refractivity contribution is -0.162. The van der Waals surface area contributed by atoms with Crippen molar-refractivity contribution in [3.8, 4) is 0 Å². The van der Waals surface area contributed by atoms with Crippen LogP contribution in [0, 0.1) is 11.8 Å². The number of ether oxygens (including phenoxy) is 1. The summed E-state index contributed by atoms with van der Waals surface area (Å²) >= 11 is 0. The summed E-state index contributed by atoms with van der Waals surface area (Å²) in [6.45, 7) is 9.71. The highest BCUT2D eigenvalue weighted by atomic mass is 16.6. The van der Waals surface area contributed by atoms with E-state index in [4.69, 9.17) is 4.74 Å². The molecular formula is C15H22O2. The summed E-state index contributed by atoms with van der Waals surface area (Å²) in [6.07, 6.45) is 6.65. The summed E-state index contributed by atoms with van der Waals surface area (Å²) in [5, 5.41) is 0. The monoisotopic (exact) mass is 234 g/mol. The van der Waals surface area contributed by atoms with E-state index in [0.717, 1.165) is 25.7 Å². The molecule has 2 rings (SSSR count). The molecular weight excluding hydrogens is 212 g/mol. The van der Waals surface area contributed by atoms with Gasteiger partial charge in [0, 0.05) is 11.5 Å². The van der Waals surface area contributed by atoms with Crippen molar-refractivity contribution in [2.45, 2.75) is 52.1 Å². The van der Waals surface area contributed by atoms with Crippen molar-refractivity contribution in [1.29, 1.82) is 0 Å². The minimum absolute atomic E-state index is 0.238. The fraction of sp³-hybridized carbons (Fsp3) is 0.667. The summed E-state index contributed by atoms with van der Waals surface area (Å²) in [6, 6.07) is 0. The topological polar surface area (TPSA) is 26.3 Å². The van der Waals surface area contributed by atoms with Gasteiger partial charge < -0.3 is 4.74 Å². The molecule has 2 aliphatic rings. The van der Waals surface area contributed by atoms with Gasteiger partial charge in [-0.25, -0.2) is 4.79 Å². The fourth-order valence-corrected chi connectivity index (χ4v) is 3.08. The van der Waals surface area contributed by atoms with Crippen molar-refractivity contribution in [2.75, 3.05) is 0 Å². The molecule has 0 aromatic carbocycles. The molecule has 2 bridgehead atoms. The zero-order chi connectivity index (χ0) is 12.6. The molecule has 0 saturated heterocycles. The van der Waals surface area contributed by atoms with Gasteiger partial charge in [-0.1, -0.05) is 25.2 Å². The van der Waals surface area contributed by atoms with Crippen molar-refractivity contribution in [3.05, 3.63) is 23.8 Å². The summed E-state index contributed by atoms with van der Waals surface area (Å²) in [5.74, 6) is 0.861. The lowest BCUT2D eigenvalue weighted by atomic mass is 9.67. The molecule has 3 unspecified atom stereocenters. The zero-order valence-corrected chi connectivity index (χ0v) is 11.1. The van der Waals surface area contributed by atoms with E-state index < -0.39 is 0 Å². The average molecular weight is 234 g/mol. The highest BCUT2D eigenvalue weighted by molar-refractivity contribution is 5.87. The molecule has 0 aromatic rings. The van der Waals surface area contributed by atoms with Crippen LogP contribution in [0.5, 0.6) is 0 Å². The summed E-state index contributed by atoms with van der Waals surface area (Å²) < 4.78 is 5.71. The number of carbonyl (C=O) groups is 1. The van der Waals surface area contributed by atoms with Gasteiger partial charge in [-0.05, 0) is 45.4 Å². The van der Waals surface area contributed by atoms with Gasteiger partial charge in [0.05, 0.1) is 0 Å². The first-order chi connectivity index (χ1) is 7.90. The van der Waals surface area contributed by atoms with E-state index in [-0.39, 0.29) is 11.6 Å². The lowest BCUT2D eigenvalue weighted by Gasteiger charge is -2.45. The van der Waals surface area contributed by atoms with Crippen LogP contribution in [0.1, 0.15) is 46.5 Å². The molecule has 0 heterocycles. The number of allylic oxidation sites excluding steroid dienone is 2. The Labute approximate surface area is 104 Å². The summed E-state index contributed by atoms with van der Waals surface area (Å²) in [5.41, 5.74) is 1.76. The van der Waals surface area contributed by atoms with Crippen LogP contribution in [0.25, 0.3) is 0 Å². The second-order valence-corrected chi connectivity index (χ2v) is 5.92. The van der Waals surface area contributed by atoms with Gasteiger partial charge >= 0.3 is 5.97 Å². The van der Waals surface area contributed by atoms with Crippen molar-refractivity contribution in [3.63, 3.8) is 0 Å². The predicted octanol–water partition coefficient (Wildman–Crippen LogP) is 3.63. The maximum Gasteiger partial charge on any atom is 0.333 e. The second-order valence-electron chi connectivity index (χ2n) is 5.92. The fourth-order valence-electron chi connectivity index (χ4n) is 3.08. The Hall–Kier alpha value is -1.05. The molecule has 0 amide bonds. The van der Waals surface area contributed by atoms with Crippen molar-refractivity contribution < 1.29 is 9.53 Å². The zero-order valence-electron chi connectivity index (χ0n) is 11.1. The molecule has 94 valence electrons. The summed E-state index contributed by atoms with van der Waals surface area (Å²) in [4.78, 5) is 11.7. The van der Waals surface area contributed by atoms with Gasteiger partial charge in [0.1, 0.15) is 5.60 Å². The number of rotatable bonds is 2. The van der Waals surface area contributed by atoms with E-state index in [1.165, 1.54) is 0 Å². The van der Waals surface area contributed by atoms with E-state index in [0.29, 0.717) is 17.4 Å². The predicted molar refractivity (Wildman–Crippen MR) is 68.5 cm³/mol. The third kappa shape index (κ3) is 2.46. The molecule has 0 aliphatic heterocycles. The average Bonchev–Trinajstić information content (AvgIpc) is 2.24. The lowest BCUT2D eigenvalue weighted by Crippen LogP contribution is -2.44. The Balaban J connectivity index is 2.13. The van der Waals surface area contributed by atoms with Crippen LogP contribution in [0.15, 0.2) is 23.8 Å². The van der Waals surface area contributed by atoms with Gasteiger partial charge in [-0.15, -0.1) is 0 Å². The molecule has 0 aromatic heterocycles. The minimum atomic E-state index is -0.290. The maximum absolute atomic E-state index is 11.7. The van der Waals surface area contributed by atoms with Crippen LogP contribution in [0.3, 0.4) is 0 Å². The van der Waals surface area contributed by atoms with Crippen LogP contribution in [-0.2, 0) is 9.53 Å². The van der Waals surface area contributed by atoms with Crippen molar-refractivity contribution in [2.24, 2.45) is 11.8 Å². The van der Waals surface area contributed by atoms with Gasteiger partial charge in [-0.3, -0.25) is 0 Å². The standard InChI is InChI=1S/C15H22O2/c1-10(2)14(16)17-15(4)6-5-12-7-11(3)8-13(15)9-12/h7,11,13H,1,5-6,8-9H2,2-4H3. The molecule has 1 fully saturated rings. The quantitative estimate of drug-likeness (QED) is 0.414. The molecule has 0 spiro atoms. The highest BCUT2D eigenvalue weighted by Crippen LogP contribution is 2.46. The van der Waals surface area contributed by atoms with Crippen LogP contribution < -0.4 is 0 Å². The molecule has 0 radical (unpaired) electrons. The Morgan fingerprint density at radius 3 is 2.94 bits per heavy atom. The second kappa shape index (κ2) is 4.32. The Kier molecular flexibility index (Phi) is 3.15. The number of carbonyl (C=O) groups excluding carboxylic acids is 1. The summed E-state index contributed by atoms with van der Waals surface area (Å²) in [7, 11) is 0. The smallest absolute Gasteiger partial charge is 0.333 e. The molecule has 2 heteroatoms. The van der Waals surface area contributed by atoms with E-state index in [1.807, 2.05) is 0 Å². The molecule has 0 N–H and O–H groups in total. The third-order valence-corrected chi connectivity index (χ3v) is 4.17. The number of esters is 1. The SMILES string of the molecule is C=C(C)C(=O)OC1(C)CCC2=CC(C)CC1C2.